The Morgan fingerprint density at radius 3 is 1.67 bits per heavy atom. The number of phenols is 1. The molecular weight excluding hydrogens is 1220 g/mol. The zero-order valence-electron chi connectivity index (χ0n) is 52.7. The lowest BCUT2D eigenvalue weighted by Gasteiger charge is -2.33. The molecule has 0 aliphatic carbocycles. The van der Waals surface area contributed by atoms with Gasteiger partial charge in [0, 0.05) is 111 Å². The first kappa shape index (κ1) is 75.0. The molecule has 0 bridgehead atoms. The standard InChI is InChI=1S/C62H88N16O16/c1-2-48(80)65-21-24-70-62(93)74-61(64)69-20-9-14-46(58(90)71-36-41-15-17-44(79)18-16-41)73-60(92)53(42-10-4-3-5-11-42)43-12-8-13-45(34-43)94-33-7-6-19-66-54-55(57(89)56(54)88)67-22-23-68-59(91)47(35-63)72-49(81)37-75-25-27-76(38-50(82)83)29-31-78(40-52(86)87)32-30-77(28-26-75)39-51(84)85/h3-5,8,10-13,15-18,34,46-47,53,66-67,79H,2,6-7,9,14,19-33,35-40,63H2,1H3,(H,65,80)(H,68,91)(H,71,90)(H,72,81)(H,73,92)(H,82,83)(H,84,85)(H,86,87)(H4,64,69,70,74,93)/t46?,47-,53-/m1/s1. The average Bonchev–Trinajstić information content (AvgIpc) is 0.792. The third-order valence-electron chi connectivity index (χ3n) is 14.9. The Bertz CT molecular complexity index is 3210. The van der Waals surface area contributed by atoms with E-state index in [1.54, 1.807) is 87.2 Å². The van der Waals surface area contributed by atoms with E-state index >= 15 is 0 Å². The van der Waals surface area contributed by atoms with E-state index in [0.717, 1.165) is 0 Å². The van der Waals surface area contributed by atoms with Gasteiger partial charge in [0.2, 0.25) is 29.5 Å². The van der Waals surface area contributed by atoms with Crippen LogP contribution >= 0.6 is 0 Å². The van der Waals surface area contributed by atoms with Crippen molar-refractivity contribution in [2.45, 2.75) is 63.6 Å². The summed E-state index contributed by atoms with van der Waals surface area (Å²) in [6.45, 7) is 2.86. The van der Waals surface area contributed by atoms with E-state index in [1.165, 1.54) is 12.1 Å². The molecule has 5 rings (SSSR count). The first-order chi connectivity index (χ1) is 45.1. The highest BCUT2D eigenvalue weighted by atomic mass is 16.5. The van der Waals surface area contributed by atoms with Crippen LogP contribution in [0, 0.1) is 0 Å². The smallest absolute Gasteiger partial charge is 0.344 e. The lowest BCUT2D eigenvalue weighted by molar-refractivity contribution is -0.140. The molecule has 0 radical (unpaired) electrons. The molecule has 1 unspecified atom stereocenters. The van der Waals surface area contributed by atoms with Crippen LogP contribution in [-0.2, 0) is 44.9 Å². The normalized spacial score (nSPS) is 14.7. The van der Waals surface area contributed by atoms with Gasteiger partial charge in [-0.1, -0.05) is 61.5 Å². The topological polar surface area (TPSA) is 464 Å². The molecule has 0 aromatic heterocycles. The molecule has 4 aromatic rings. The molecule has 512 valence electrons. The van der Waals surface area contributed by atoms with Gasteiger partial charge in [0.25, 0.3) is 10.9 Å². The van der Waals surface area contributed by atoms with Gasteiger partial charge in [-0.05, 0) is 66.6 Å². The van der Waals surface area contributed by atoms with Gasteiger partial charge < -0.3 is 84.5 Å². The molecule has 4 aromatic carbocycles. The molecular formula is C62H88N16O16. The second-order valence-corrected chi connectivity index (χ2v) is 22.1. The predicted octanol–water partition coefficient (Wildman–Crippen LogP) is -2.44. The van der Waals surface area contributed by atoms with Crippen LogP contribution in [0.3, 0.4) is 0 Å². The Morgan fingerprint density at radius 1 is 0.553 bits per heavy atom. The molecule has 1 fully saturated rings. The number of guanidine groups is 1. The second-order valence-electron chi connectivity index (χ2n) is 22.1. The molecule has 1 aliphatic heterocycles. The molecule has 0 saturated carbocycles. The number of aromatic hydroxyl groups is 1. The number of aliphatic carboxylic acids is 3. The summed E-state index contributed by atoms with van der Waals surface area (Å²) >= 11 is 0. The van der Waals surface area contributed by atoms with Crippen molar-refractivity contribution in [1.29, 1.82) is 0 Å². The van der Waals surface area contributed by atoms with E-state index < -0.39 is 76.4 Å². The van der Waals surface area contributed by atoms with Crippen LogP contribution in [-0.4, -0.2) is 243 Å². The van der Waals surface area contributed by atoms with Crippen LogP contribution in [0.5, 0.6) is 11.5 Å². The van der Waals surface area contributed by atoms with E-state index in [1.807, 2.05) is 6.07 Å². The number of carbonyl (C=O) groups excluding carboxylic acids is 6. The monoisotopic (exact) mass is 1310 g/mol. The van der Waals surface area contributed by atoms with Crippen LogP contribution in [0.25, 0.3) is 0 Å². The fraction of sp³-hybridized carbons (Fsp3) is 0.484. The van der Waals surface area contributed by atoms with Gasteiger partial charge in [-0.15, -0.1) is 0 Å². The summed E-state index contributed by atoms with van der Waals surface area (Å²) in [5, 5.41) is 63.2. The summed E-state index contributed by atoms with van der Waals surface area (Å²) in [6.07, 6.45) is 1.77. The number of nitrogens with one attached hydrogen (secondary N) is 9. The van der Waals surface area contributed by atoms with Gasteiger partial charge in [0.15, 0.2) is 5.96 Å². The van der Waals surface area contributed by atoms with Crippen molar-refractivity contribution >= 4 is 70.8 Å². The minimum atomic E-state index is -1.17. The number of carboxylic acid groups (broad SMARTS) is 3. The van der Waals surface area contributed by atoms with Gasteiger partial charge in [-0.2, -0.15) is 4.99 Å². The number of nitrogens with zero attached hydrogens (tertiary/aromatic N) is 5. The summed E-state index contributed by atoms with van der Waals surface area (Å²) in [5.41, 5.74) is 12.4. The third-order valence-corrected chi connectivity index (χ3v) is 14.9. The number of ether oxygens (including phenoxy) is 1. The molecule has 7 amide bonds. The first-order valence-electron chi connectivity index (χ1n) is 31.0. The van der Waals surface area contributed by atoms with Crippen LogP contribution < -0.4 is 74.9 Å². The minimum absolute atomic E-state index is 0.0224. The number of benzene rings is 3. The van der Waals surface area contributed by atoms with E-state index in [2.05, 4.69) is 52.8 Å². The van der Waals surface area contributed by atoms with Crippen LogP contribution in [0.1, 0.15) is 61.6 Å². The van der Waals surface area contributed by atoms with Crippen molar-refractivity contribution in [3.8, 4) is 11.5 Å². The van der Waals surface area contributed by atoms with Gasteiger partial charge >= 0.3 is 23.9 Å². The lowest BCUT2D eigenvalue weighted by atomic mass is 9.90. The van der Waals surface area contributed by atoms with Crippen molar-refractivity contribution in [3.63, 3.8) is 0 Å². The quantitative estimate of drug-likeness (QED) is 0.00965. The molecule has 3 atom stereocenters. The number of unbranched alkanes of at least 4 members (excludes halogenated alkanes) is 1. The van der Waals surface area contributed by atoms with Crippen molar-refractivity contribution in [3.05, 3.63) is 116 Å². The van der Waals surface area contributed by atoms with Gasteiger partial charge in [-0.25, -0.2) is 4.79 Å². The van der Waals surface area contributed by atoms with Gasteiger partial charge in [0.05, 0.1) is 38.7 Å². The largest absolute Gasteiger partial charge is 0.508 e. The van der Waals surface area contributed by atoms with Gasteiger partial charge in [-0.3, -0.25) is 67.5 Å². The number of rotatable bonds is 37. The zero-order valence-corrected chi connectivity index (χ0v) is 52.7. The SMILES string of the molecule is CCC(=O)NCCNC(=O)/N=C(/N)NCCCC(NC(=O)[C@H](c1ccccc1)c1cccc(OCCCCNc2c(NCCNC(=O)[C@@H](CN)NC(=O)CN3CCN(CC(=O)O)CCN(CC(=O)O)CCN(CC(=O)O)CC3)c(=O)c2=O)c1)C(=O)NCc1ccc(O)cc1. The number of nitrogens with two attached hydrogens (primary N) is 2. The molecule has 32 nitrogen and oxygen atoms in total. The van der Waals surface area contributed by atoms with Crippen molar-refractivity contribution in [2.75, 3.05) is 142 Å². The Balaban J connectivity index is 1.10. The maximum Gasteiger partial charge on any atom is 0.344 e. The van der Waals surface area contributed by atoms with E-state index in [0.29, 0.717) is 54.7 Å². The van der Waals surface area contributed by atoms with Crippen molar-refractivity contribution in [1.82, 2.24) is 56.8 Å². The lowest BCUT2D eigenvalue weighted by Crippen LogP contribution is -2.54. The number of urea groups is 1. The maximum absolute atomic E-state index is 14.5. The highest BCUT2D eigenvalue weighted by Crippen LogP contribution is 2.28. The average molecular weight is 1310 g/mol. The van der Waals surface area contributed by atoms with Crippen molar-refractivity contribution in [2.24, 2.45) is 16.5 Å². The molecule has 94 heavy (non-hydrogen) atoms. The molecule has 0 spiro atoms. The zero-order chi connectivity index (χ0) is 68.4. The highest BCUT2D eigenvalue weighted by Gasteiger charge is 2.30. The number of amides is 7. The maximum atomic E-state index is 14.5. The van der Waals surface area contributed by atoms with Crippen LogP contribution in [0.4, 0.5) is 16.2 Å². The Labute approximate surface area is 543 Å². The summed E-state index contributed by atoms with van der Waals surface area (Å²) in [5.74, 6) is -6.15. The summed E-state index contributed by atoms with van der Waals surface area (Å²) in [6, 6.07) is 19.4. The Kier molecular flexibility index (Phi) is 32.1. The minimum Gasteiger partial charge on any atom is -0.508 e. The molecule has 1 aliphatic rings. The van der Waals surface area contributed by atoms with Gasteiger partial charge in [0.1, 0.15) is 35.0 Å². The van der Waals surface area contributed by atoms with E-state index in [4.69, 9.17) is 16.2 Å². The number of phenolic OH excluding ortho intramolecular Hbond substituents is 1. The number of anilines is 2. The van der Waals surface area contributed by atoms with E-state index in [9.17, 15) is 73.2 Å². The fourth-order valence-corrected chi connectivity index (χ4v) is 9.90. The molecule has 1 heterocycles. The fourth-order valence-electron chi connectivity index (χ4n) is 9.90. The number of hydrogen-bond acceptors (Lipinski definition) is 20. The highest BCUT2D eigenvalue weighted by molar-refractivity contribution is 5.93. The van der Waals surface area contributed by atoms with Crippen molar-refractivity contribution < 1.29 is 68.3 Å². The number of aliphatic imine (C=N–C) groups is 1. The molecule has 17 N–H and O–H groups in total. The summed E-state index contributed by atoms with van der Waals surface area (Å²) in [7, 11) is 0. The molecule has 1 saturated heterocycles. The number of hydrogen-bond donors (Lipinski definition) is 15. The van der Waals surface area contributed by atoms with Crippen LogP contribution in [0.15, 0.2) is 93.4 Å². The number of carbonyl (C=O) groups is 9. The Morgan fingerprint density at radius 2 is 1.10 bits per heavy atom. The summed E-state index contributed by atoms with van der Waals surface area (Å²) < 4.78 is 6.12. The second kappa shape index (κ2) is 40.3. The molecule has 32 heteroatoms. The third kappa shape index (κ3) is 27.2. The number of carboxylic acids is 3. The first-order valence-corrected chi connectivity index (χ1v) is 31.0. The Hall–Kier alpha value is -9.76. The van der Waals surface area contributed by atoms with Crippen LogP contribution in [0.2, 0.25) is 0 Å². The van der Waals surface area contributed by atoms with E-state index in [-0.39, 0.29) is 166 Å². The summed E-state index contributed by atoms with van der Waals surface area (Å²) in [4.78, 5) is 149. The predicted molar refractivity (Wildman–Crippen MR) is 348 cm³/mol.